The molecule has 0 unspecified atom stereocenters. The van der Waals surface area contributed by atoms with Gasteiger partial charge in [-0.3, -0.25) is 9.78 Å². The molecule has 2 aromatic heterocycles. The van der Waals surface area contributed by atoms with E-state index >= 15 is 0 Å². The third-order valence-electron chi connectivity index (χ3n) is 5.29. The van der Waals surface area contributed by atoms with Crippen LogP contribution in [-0.2, 0) is 14.3 Å². The zero-order chi connectivity index (χ0) is 23.4. The van der Waals surface area contributed by atoms with Gasteiger partial charge in [-0.25, -0.2) is 4.79 Å². The Balaban J connectivity index is 1.70. The van der Waals surface area contributed by atoms with E-state index in [0.717, 1.165) is 11.3 Å². The number of carbonyl (C=O) groups excluding carboxylic acids is 2. The third kappa shape index (κ3) is 4.73. The lowest BCUT2D eigenvalue weighted by atomic mass is 10.0. The quantitative estimate of drug-likeness (QED) is 0.414. The van der Waals surface area contributed by atoms with Gasteiger partial charge in [0.1, 0.15) is 24.1 Å². The minimum absolute atomic E-state index is 0.0263. The van der Waals surface area contributed by atoms with Gasteiger partial charge in [0.2, 0.25) is 0 Å². The number of pyridine rings is 1. The molecule has 2 atom stereocenters. The van der Waals surface area contributed by atoms with Crippen LogP contribution in [0.1, 0.15) is 40.8 Å². The van der Waals surface area contributed by atoms with Crippen LogP contribution in [0.3, 0.4) is 0 Å². The Hall–Kier alpha value is -3.72. The number of furan rings is 1. The van der Waals surface area contributed by atoms with Crippen LogP contribution in [0.25, 0.3) is 11.3 Å². The lowest BCUT2D eigenvalue weighted by Gasteiger charge is -2.25. The van der Waals surface area contributed by atoms with Gasteiger partial charge in [0.05, 0.1) is 31.0 Å². The summed E-state index contributed by atoms with van der Waals surface area (Å²) in [6, 6.07) is 15.5. The number of nitrogens with one attached hydrogen (secondary N) is 1. The number of nitrogens with zero attached hydrogens (tertiary/aromatic N) is 2. The fourth-order valence-corrected chi connectivity index (χ4v) is 4.12. The summed E-state index contributed by atoms with van der Waals surface area (Å²) in [5, 5.41) is 3.67. The Kier molecular flexibility index (Phi) is 6.69. The molecule has 3 aromatic rings. The van der Waals surface area contributed by atoms with Gasteiger partial charge in [0.15, 0.2) is 5.11 Å². The molecular weight excluding hydrogens is 442 g/mol. The number of thiocarbonyl (C=S) groups is 1. The van der Waals surface area contributed by atoms with Gasteiger partial charge in [-0.05, 0) is 55.5 Å². The number of methoxy groups -OCH3 is 1. The van der Waals surface area contributed by atoms with Crippen LogP contribution < -0.4 is 5.32 Å². The first-order valence-corrected chi connectivity index (χ1v) is 10.8. The van der Waals surface area contributed by atoms with Crippen LogP contribution in [-0.4, -0.2) is 47.2 Å². The average molecular weight is 466 g/mol. The van der Waals surface area contributed by atoms with Crippen LogP contribution in [0.4, 0.5) is 0 Å². The maximum absolute atomic E-state index is 12.3. The van der Waals surface area contributed by atoms with Gasteiger partial charge in [-0.1, -0.05) is 18.2 Å². The normalized spacial score (nSPS) is 17.5. The van der Waals surface area contributed by atoms with Gasteiger partial charge in [-0.15, -0.1) is 0 Å². The summed E-state index contributed by atoms with van der Waals surface area (Å²) in [6.07, 6.45) is 1.71. The number of carbonyl (C=O) groups is 2. The van der Waals surface area contributed by atoms with E-state index in [9.17, 15) is 9.59 Å². The highest BCUT2D eigenvalue weighted by Crippen LogP contribution is 2.40. The molecule has 33 heavy (non-hydrogen) atoms. The first kappa shape index (κ1) is 22.5. The molecule has 1 aliphatic rings. The lowest BCUT2D eigenvalue weighted by molar-refractivity contribution is -0.143. The molecule has 9 heteroatoms. The van der Waals surface area contributed by atoms with E-state index < -0.39 is 12.0 Å². The zero-order valence-corrected chi connectivity index (χ0v) is 19.0. The molecule has 1 aromatic carbocycles. The second-order valence-electron chi connectivity index (χ2n) is 7.33. The molecule has 3 heterocycles. The summed E-state index contributed by atoms with van der Waals surface area (Å²) >= 11 is 5.54. The summed E-state index contributed by atoms with van der Waals surface area (Å²) < 4.78 is 16.2. The summed E-state index contributed by atoms with van der Waals surface area (Å²) in [5.74, 6) is 0.362. The minimum atomic E-state index is -0.426. The Labute approximate surface area is 196 Å². The average Bonchev–Trinajstić information content (AvgIpc) is 3.44. The highest BCUT2D eigenvalue weighted by molar-refractivity contribution is 7.80. The Bertz CT molecular complexity index is 1160. The number of hydrogen-bond acceptors (Lipinski definition) is 7. The Morgan fingerprint density at radius 3 is 2.76 bits per heavy atom. The molecule has 170 valence electrons. The predicted molar refractivity (Wildman–Crippen MR) is 124 cm³/mol. The van der Waals surface area contributed by atoms with Crippen molar-refractivity contribution in [2.45, 2.75) is 19.0 Å². The topological polar surface area (TPSA) is 93.9 Å². The van der Waals surface area contributed by atoms with E-state index in [1.807, 2.05) is 36.4 Å². The number of esters is 2. The van der Waals surface area contributed by atoms with Crippen molar-refractivity contribution in [1.29, 1.82) is 0 Å². The largest absolute Gasteiger partial charge is 0.465 e. The van der Waals surface area contributed by atoms with Gasteiger partial charge < -0.3 is 24.1 Å². The Morgan fingerprint density at radius 1 is 1.18 bits per heavy atom. The molecule has 1 N–H and O–H groups in total. The van der Waals surface area contributed by atoms with Crippen LogP contribution in [0.2, 0.25) is 0 Å². The molecule has 1 saturated heterocycles. The van der Waals surface area contributed by atoms with E-state index in [4.69, 9.17) is 26.1 Å². The number of benzene rings is 1. The van der Waals surface area contributed by atoms with Crippen LogP contribution in [0.15, 0.2) is 65.2 Å². The second kappa shape index (κ2) is 9.83. The Morgan fingerprint density at radius 2 is 2.03 bits per heavy atom. The molecule has 0 radical (unpaired) electrons. The van der Waals surface area contributed by atoms with Crippen LogP contribution in [0.5, 0.6) is 0 Å². The van der Waals surface area contributed by atoms with Crippen LogP contribution >= 0.6 is 12.2 Å². The predicted octanol–water partition coefficient (Wildman–Crippen LogP) is 3.66. The standard InChI is InChI=1S/C24H23N3O5S/c1-3-31-20(28)14-27-22(21(26-24(27)33)17-9-4-5-12-25-17)19-11-10-18(32-19)15-7-6-8-16(13-15)23(29)30-2/h4-13,21-22H,3,14H2,1-2H3,(H,26,33)/t21-,22+/m1/s1. The SMILES string of the molecule is CCOC(=O)CN1C(=S)N[C@H](c2ccccn2)[C@@H]1c1ccc(-c2cccc(C(=O)OC)c2)o1. The van der Waals surface area contributed by atoms with Crippen molar-refractivity contribution in [2.24, 2.45) is 0 Å². The van der Waals surface area contributed by atoms with Crippen molar-refractivity contribution in [2.75, 3.05) is 20.3 Å². The fourth-order valence-electron chi connectivity index (χ4n) is 3.81. The molecule has 0 amide bonds. The second-order valence-corrected chi connectivity index (χ2v) is 7.72. The van der Waals surface area contributed by atoms with Crippen molar-refractivity contribution in [3.8, 4) is 11.3 Å². The molecule has 4 rings (SSSR count). The maximum atomic E-state index is 12.3. The van der Waals surface area contributed by atoms with E-state index in [1.165, 1.54) is 7.11 Å². The monoisotopic (exact) mass is 465 g/mol. The lowest BCUT2D eigenvalue weighted by Crippen LogP contribution is -2.35. The van der Waals surface area contributed by atoms with E-state index in [-0.39, 0.29) is 25.2 Å². The molecule has 1 aliphatic heterocycles. The third-order valence-corrected chi connectivity index (χ3v) is 5.64. The molecule has 0 saturated carbocycles. The number of rotatable bonds is 7. The summed E-state index contributed by atoms with van der Waals surface area (Å²) in [5.41, 5.74) is 1.91. The number of ether oxygens (including phenoxy) is 2. The molecule has 0 spiro atoms. The van der Waals surface area contributed by atoms with Crippen molar-refractivity contribution in [1.82, 2.24) is 15.2 Å². The summed E-state index contributed by atoms with van der Waals surface area (Å²) in [4.78, 5) is 30.4. The van der Waals surface area contributed by atoms with Gasteiger partial charge >= 0.3 is 11.9 Å². The first-order valence-electron chi connectivity index (χ1n) is 10.4. The highest BCUT2D eigenvalue weighted by atomic mass is 32.1. The van der Waals surface area contributed by atoms with Crippen molar-refractivity contribution in [3.63, 3.8) is 0 Å². The van der Waals surface area contributed by atoms with E-state index in [1.54, 1.807) is 36.2 Å². The fraction of sp³-hybridized carbons (Fsp3) is 0.250. The van der Waals surface area contributed by atoms with Gasteiger partial charge in [0, 0.05) is 11.8 Å². The molecule has 8 nitrogen and oxygen atoms in total. The molecule has 1 fully saturated rings. The molecular formula is C24H23N3O5S. The van der Waals surface area contributed by atoms with E-state index in [2.05, 4.69) is 10.3 Å². The smallest absolute Gasteiger partial charge is 0.337 e. The molecule has 0 bridgehead atoms. The number of hydrogen-bond donors (Lipinski definition) is 1. The zero-order valence-electron chi connectivity index (χ0n) is 18.2. The number of aromatic nitrogens is 1. The molecule has 0 aliphatic carbocycles. The van der Waals surface area contributed by atoms with Crippen molar-refractivity contribution < 1.29 is 23.5 Å². The minimum Gasteiger partial charge on any atom is -0.465 e. The van der Waals surface area contributed by atoms with Crippen LogP contribution in [0, 0.1) is 0 Å². The van der Waals surface area contributed by atoms with Gasteiger partial charge in [-0.2, -0.15) is 0 Å². The van der Waals surface area contributed by atoms with E-state index in [0.29, 0.717) is 22.2 Å². The van der Waals surface area contributed by atoms with Crippen molar-refractivity contribution >= 4 is 29.3 Å². The first-order chi connectivity index (χ1) is 16.0. The van der Waals surface area contributed by atoms with Gasteiger partial charge in [0.25, 0.3) is 0 Å². The maximum Gasteiger partial charge on any atom is 0.337 e. The van der Waals surface area contributed by atoms with Crippen molar-refractivity contribution in [3.05, 3.63) is 77.8 Å². The summed E-state index contributed by atoms with van der Waals surface area (Å²) in [7, 11) is 1.34. The summed E-state index contributed by atoms with van der Waals surface area (Å²) in [6.45, 7) is 2.01. The highest BCUT2D eigenvalue weighted by Gasteiger charge is 2.42.